The molecule has 1 N–H and O–H groups in total. The van der Waals surface area contributed by atoms with Gasteiger partial charge < -0.3 is 14.0 Å². The monoisotopic (exact) mass is 275 g/mol. The van der Waals surface area contributed by atoms with Crippen LogP contribution in [0.1, 0.15) is 6.92 Å². The molecule has 1 aromatic carbocycles. The minimum atomic E-state index is -0.256. The van der Waals surface area contributed by atoms with Crippen LogP contribution >= 0.6 is 0 Å². The van der Waals surface area contributed by atoms with Crippen molar-refractivity contribution in [2.45, 2.75) is 6.92 Å². The molecule has 0 aliphatic heterocycles. The van der Waals surface area contributed by atoms with Crippen molar-refractivity contribution in [3.63, 3.8) is 0 Å². The average Bonchev–Trinajstić information content (AvgIpc) is 2.84. The van der Waals surface area contributed by atoms with Gasteiger partial charge in [-0.15, -0.1) is 0 Å². The third-order valence-corrected chi connectivity index (χ3v) is 2.58. The maximum absolute atomic E-state index is 11.7. The molecule has 2 aromatic rings. The summed E-state index contributed by atoms with van der Waals surface area (Å²) < 4.78 is 12.4. The number of rotatable bonds is 6. The standard InChI is InChI=1S/C14H17N3O3/c1-3-19-11-4-6-12(7-5-11)20-10-13(18)16-14-15-8-9-17(14)2/h4-9H,3,10H2,1-2H3,(H,15,16,18). The van der Waals surface area contributed by atoms with E-state index < -0.39 is 0 Å². The number of nitrogens with one attached hydrogen (secondary N) is 1. The third kappa shape index (κ3) is 3.74. The lowest BCUT2D eigenvalue weighted by atomic mass is 10.3. The molecule has 0 atom stereocenters. The van der Waals surface area contributed by atoms with Gasteiger partial charge in [0.15, 0.2) is 6.61 Å². The summed E-state index contributed by atoms with van der Waals surface area (Å²) in [6, 6.07) is 7.13. The van der Waals surface area contributed by atoms with Crippen LogP contribution in [0, 0.1) is 0 Å². The molecule has 0 fully saturated rings. The molecule has 0 aliphatic carbocycles. The topological polar surface area (TPSA) is 65.4 Å². The minimum absolute atomic E-state index is 0.0686. The van der Waals surface area contributed by atoms with Crippen LogP contribution in [0.5, 0.6) is 11.5 Å². The van der Waals surface area contributed by atoms with Gasteiger partial charge >= 0.3 is 0 Å². The number of ether oxygens (including phenoxy) is 2. The lowest BCUT2D eigenvalue weighted by Crippen LogP contribution is -2.21. The summed E-state index contributed by atoms with van der Waals surface area (Å²) in [6.45, 7) is 2.47. The summed E-state index contributed by atoms with van der Waals surface area (Å²) in [4.78, 5) is 15.7. The Morgan fingerprint density at radius 2 is 1.90 bits per heavy atom. The Bertz CT molecular complexity index is 563. The highest BCUT2D eigenvalue weighted by atomic mass is 16.5. The molecule has 0 unspecified atom stereocenters. The van der Waals surface area contributed by atoms with Gasteiger partial charge in [-0.2, -0.15) is 0 Å². The molecule has 0 spiro atoms. The highest BCUT2D eigenvalue weighted by molar-refractivity contribution is 5.90. The zero-order chi connectivity index (χ0) is 14.4. The molecule has 1 aromatic heterocycles. The summed E-state index contributed by atoms with van der Waals surface area (Å²) in [5.41, 5.74) is 0. The number of benzene rings is 1. The van der Waals surface area contributed by atoms with E-state index in [1.54, 1.807) is 48.3 Å². The van der Waals surface area contributed by atoms with E-state index in [-0.39, 0.29) is 12.5 Å². The van der Waals surface area contributed by atoms with Crippen LogP contribution in [0.3, 0.4) is 0 Å². The highest BCUT2D eigenvalue weighted by Crippen LogP contribution is 2.17. The van der Waals surface area contributed by atoms with Crippen molar-refractivity contribution in [1.82, 2.24) is 9.55 Å². The fourth-order valence-electron chi connectivity index (χ4n) is 1.59. The predicted octanol–water partition coefficient (Wildman–Crippen LogP) is 1.84. The second-order valence-corrected chi connectivity index (χ2v) is 4.10. The normalized spacial score (nSPS) is 10.1. The summed E-state index contributed by atoms with van der Waals surface area (Å²) in [6.07, 6.45) is 3.37. The number of anilines is 1. The van der Waals surface area contributed by atoms with Gasteiger partial charge in [-0.05, 0) is 31.2 Å². The van der Waals surface area contributed by atoms with Crippen LogP contribution in [0.4, 0.5) is 5.95 Å². The van der Waals surface area contributed by atoms with Crippen molar-refractivity contribution >= 4 is 11.9 Å². The molecule has 6 nitrogen and oxygen atoms in total. The van der Waals surface area contributed by atoms with Crippen molar-refractivity contribution in [2.24, 2.45) is 7.05 Å². The predicted molar refractivity (Wildman–Crippen MR) is 74.9 cm³/mol. The largest absolute Gasteiger partial charge is 0.494 e. The van der Waals surface area contributed by atoms with Crippen molar-refractivity contribution in [1.29, 1.82) is 0 Å². The smallest absolute Gasteiger partial charge is 0.264 e. The van der Waals surface area contributed by atoms with Crippen LogP contribution in [0.2, 0.25) is 0 Å². The van der Waals surface area contributed by atoms with Crippen LogP contribution in [-0.4, -0.2) is 28.7 Å². The van der Waals surface area contributed by atoms with Gasteiger partial charge in [-0.3, -0.25) is 10.1 Å². The molecule has 2 rings (SSSR count). The molecule has 106 valence electrons. The van der Waals surface area contributed by atoms with E-state index in [1.165, 1.54) is 0 Å². The number of hydrogen-bond donors (Lipinski definition) is 1. The summed E-state index contributed by atoms with van der Waals surface area (Å²) in [7, 11) is 1.80. The van der Waals surface area contributed by atoms with Crippen molar-refractivity contribution < 1.29 is 14.3 Å². The van der Waals surface area contributed by atoms with E-state index in [0.29, 0.717) is 18.3 Å². The van der Waals surface area contributed by atoms with E-state index in [9.17, 15) is 4.79 Å². The first kappa shape index (κ1) is 13.9. The van der Waals surface area contributed by atoms with Gasteiger partial charge in [-0.25, -0.2) is 4.98 Å². The Morgan fingerprint density at radius 1 is 1.25 bits per heavy atom. The maximum atomic E-state index is 11.7. The first-order chi connectivity index (χ1) is 9.69. The second-order valence-electron chi connectivity index (χ2n) is 4.10. The summed E-state index contributed by atoms with van der Waals surface area (Å²) in [5.74, 6) is 1.62. The first-order valence-electron chi connectivity index (χ1n) is 6.32. The van der Waals surface area contributed by atoms with Gasteiger partial charge in [0.25, 0.3) is 5.91 Å². The minimum Gasteiger partial charge on any atom is -0.494 e. The third-order valence-electron chi connectivity index (χ3n) is 2.58. The molecule has 0 bridgehead atoms. The average molecular weight is 275 g/mol. The van der Waals surface area contributed by atoms with Gasteiger partial charge in [0, 0.05) is 19.4 Å². The molecule has 0 aliphatic rings. The highest BCUT2D eigenvalue weighted by Gasteiger charge is 2.06. The van der Waals surface area contributed by atoms with Gasteiger partial charge in [-0.1, -0.05) is 0 Å². The Labute approximate surface area is 117 Å². The molecular weight excluding hydrogens is 258 g/mol. The Balaban J connectivity index is 1.82. The SMILES string of the molecule is CCOc1ccc(OCC(=O)Nc2nccn2C)cc1. The second kappa shape index (κ2) is 6.60. The van der Waals surface area contributed by atoms with Gasteiger partial charge in [0.05, 0.1) is 6.61 Å². The fraction of sp³-hybridized carbons (Fsp3) is 0.286. The van der Waals surface area contributed by atoms with Crippen LogP contribution in [0.15, 0.2) is 36.7 Å². The Hall–Kier alpha value is -2.50. The number of aromatic nitrogens is 2. The number of aryl methyl sites for hydroxylation is 1. The van der Waals surface area contributed by atoms with E-state index in [1.807, 2.05) is 6.92 Å². The molecule has 1 amide bonds. The van der Waals surface area contributed by atoms with E-state index >= 15 is 0 Å². The lowest BCUT2D eigenvalue weighted by Gasteiger charge is -2.08. The number of nitrogens with zero attached hydrogens (tertiary/aromatic N) is 2. The zero-order valence-corrected chi connectivity index (χ0v) is 11.5. The first-order valence-corrected chi connectivity index (χ1v) is 6.32. The Kier molecular flexibility index (Phi) is 4.60. The maximum Gasteiger partial charge on any atom is 0.264 e. The van der Waals surface area contributed by atoms with Crippen LogP contribution in [-0.2, 0) is 11.8 Å². The molecular formula is C14H17N3O3. The quantitative estimate of drug-likeness (QED) is 0.873. The fourth-order valence-corrected chi connectivity index (χ4v) is 1.59. The number of imidazole rings is 1. The van der Waals surface area contributed by atoms with E-state index in [4.69, 9.17) is 9.47 Å². The Morgan fingerprint density at radius 3 is 2.45 bits per heavy atom. The zero-order valence-electron chi connectivity index (χ0n) is 11.5. The van der Waals surface area contributed by atoms with Gasteiger partial charge in [0.1, 0.15) is 11.5 Å². The molecule has 0 saturated heterocycles. The van der Waals surface area contributed by atoms with Gasteiger partial charge in [0.2, 0.25) is 5.95 Å². The number of carbonyl (C=O) groups excluding carboxylic acids is 1. The summed E-state index contributed by atoms with van der Waals surface area (Å²) >= 11 is 0. The number of carbonyl (C=O) groups is 1. The van der Waals surface area contributed by atoms with Crippen molar-refractivity contribution in [3.8, 4) is 11.5 Å². The van der Waals surface area contributed by atoms with E-state index in [2.05, 4.69) is 10.3 Å². The number of hydrogen-bond acceptors (Lipinski definition) is 4. The molecule has 20 heavy (non-hydrogen) atoms. The van der Waals surface area contributed by atoms with Crippen LogP contribution < -0.4 is 14.8 Å². The van der Waals surface area contributed by atoms with Crippen molar-refractivity contribution in [2.75, 3.05) is 18.5 Å². The molecule has 6 heteroatoms. The summed E-state index contributed by atoms with van der Waals surface area (Å²) in [5, 5.41) is 2.66. The lowest BCUT2D eigenvalue weighted by molar-refractivity contribution is -0.118. The number of amides is 1. The van der Waals surface area contributed by atoms with Crippen LogP contribution in [0.25, 0.3) is 0 Å². The molecule has 1 heterocycles. The molecule has 0 saturated carbocycles. The van der Waals surface area contributed by atoms with Crippen molar-refractivity contribution in [3.05, 3.63) is 36.7 Å². The van der Waals surface area contributed by atoms with E-state index in [0.717, 1.165) is 5.75 Å². The molecule has 0 radical (unpaired) electrons.